The zero-order valence-corrected chi connectivity index (χ0v) is 13.2. The summed E-state index contributed by atoms with van der Waals surface area (Å²) >= 11 is 0. The molecule has 0 bridgehead atoms. The van der Waals surface area contributed by atoms with Crippen molar-refractivity contribution in [3.63, 3.8) is 0 Å². The molecule has 5 nitrogen and oxygen atoms in total. The first-order valence-electron chi connectivity index (χ1n) is 6.64. The van der Waals surface area contributed by atoms with Crippen molar-refractivity contribution >= 4 is 21.7 Å². The van der Waals surface area contributed by atoms with Crippen LogP contribution in [0.15, 0.2) is 48.5 Å². The second kappa shape index (κ2) is 6.62. The molecular weight excluding hydrogens is 302 g/mol. The molecule has 0 unspecified atom stereocenters. The number of benzene rings is 2. The fraction of sp³-hybridized carbons (Fsp3) is 0.188. The first-order chi connectivity index (χ1) is 10.3. The van der Waals surface area contributed by atoms with Gasteiger partial charge in [0.05, 0.1) is 11.8 Å². The molecule has 0 aromatic heterocycles. The van der Waals surface area contributed by atoms with Gasteiger partial charge in [-0.25, -0.2) is 13.2 Å². The highest BCUT2D eigenvalue weighted by atomic mass is 32.2. The average molecular weight is 319 g/mol. The maximum Gasteiger partial charge on any atom is 0.338 e. The summed E-state index contributed by atoms with van der Waals surface area (Å²) < 4.78 is 30.0. The van der Waals surface area contributed by atoms with Crippen molar-refractivity contribution in [2.75, 3.05) is 11.0 Å². The molecule has 0 saturated carbocycles. The van der Waals surface area contributed by atoms with Crippen LogP contribution in [0.1, 0.15) is 21.5 Å². The van der Waals surface area contributed by atoms with Gasteiger partial charge in [0.15, 0.2) is 0 Å². The molecule has 2 rings (SSSR count). The van der Waals surface area contributed by atoms with Gasteiger partial charge >= 0.3 is 5.97 Å². The van der Waals surface area contributed by atoms with Gasteiger partial charge in [0.2, 0.25) is 10.0 Å². The number of aryl methyl sites for hydroxylation is 1. The van der Waals surface area contributed by atoms with E-state index >= 15 is 0 Å². The summed E-state index contributed by atoms with van der Waals surface area (Å²) in [5, 5.41) is 0. The summed E-state index contributed by atoms with van der Waals surface area (Å²) in [6, 6.07) is 13.8. The molecule has 0 radical (unpaired) electrons. The molecule has 0 aliphatic heterocycles. The van der Waals surface area contributed by atoms with E-state index in [-0.39, 0.29) is 6.61 Å². The monoisotopic (exact) mass is 319 g/mol. The lowest BCUT2D eigenvalue weighted by molar-refractivity contribution is 0.0472. The molecule has 0 heterocycles. The minimum Gasteiger partial charge on any atom is -0.457 e. The van der Waals surface area contributed by atoms with Gasteiger partial charge < -0.3 is 4.74 Å². The van der Waals surface area contributed by atoms with E-state index in [1.54, 1.807) is 18.2 Å². The van der Waals surface area contributed by atoms with Crippen molar-refractivity contribution in [1.29, 1.82) is 0 Å². The molecule has 22 heavy (non-hydrogen) atoms. The van der Waals surface area contributed by atoms with E-state index in [2.05, 4.69) is 4.72 Å². The van der Waals surface area contributed by atoms with E-state index in [0.717, 1.165) is 17.4 Å². The van der Waals surface area contributed by atoms with E-state index in [1.165, 1.54) is 6.07 Å². The Morgan fingerprint density at radius 2 is 1.86 bits per heavy atom. The van der Waals surface area contributed by atoms with Crippen LogP contribution in [0.2, 0.25) is 0 Å². The third-order valence-corrected chi connectivity index (χ3v) is 3.63. The Balaban J connectivity index is 2.07. The molecule has 0 saturated heterocycles. The normalized spacial score (nSPS) is 11.0. The van der Waals surface area contributed by atoms with Crippen LogP contribution in [0.25, 0.3) is 0 Å². The Bertz CT molecular complexity index is 784. The van der Waals surface area contributed by atoms with Crippen molar-refractivity contribution in [2.24, 2.45) is 0 Å². The zero-order chi connectivity index (χ0) is 16.2. The number of carbonyl (C=O) groups excluding carboxylic acids is 1. The predicted octanol–water partition coefficient (Wildman–Crippen LogP) is 2.72. The molecule has 0 aliphatic rings. The Labute approximate surface area is 130 Å². The maximum absolute atomic E-state index is 12.0. The van der Waals surface area contributed by atoms with E-state index in [0.29, 0.717) is 11.3 Å². The third kappa shape index (κ3) is 4.60. The quantitative estimate of drug-likeness (QED) is 0.860. The first kappa shape index (κ1) is 16.0. The lowest BCUT2D eigenvalue weighted by Crippen LogP contribution is -2.11. The van der Waals surface area contributed by atoms with E-state index in [1.807, 2.05) is 31.2 Å². The molecule has 116 valence electrons. The minimum atomic E-state index is -3.38. The van der Waals surface area contributed by atoms with Crippen molar-refractivity contribution < 1.29 is 17.9 Å². The molecule has 0 spiro atoms. The van der Waals surface area contributed by atoms with Crippen LogP contribution in [0.4, 0.5) is 5.69 Å². The lowest BCUT2D eigenvalue weighted by Gasteiger charge is -2.09. The largest absolute Gasteiger partial charge is 0.457 e. The Kier molecular flexibility index (Phi) is 4.82. The number of esters is 1. The summed E-state index contributed by atoms with van der Waals surface area (Å²) in [5.74, 6) is -0.500. The molecule has 2 aromatic carbocycles. The third-order valence-electron chi connectivity index (χ3n) is 3.02. The highest BCUT2D eigenvalue weighted by molar-refractivity contribution is 7.92. The average Bonchev–Trinajstić information content (AvgIpc) is 2.44. The topological polar surface area (TPSA) is 72.5 Å². The van der Waals surface area contributed by atoms with Gasteiger partial charge in [0.1, 0.15) is 6.61 Å². The second-order valence-electron chi connectivity index (χ2n) is 4.96. The summed E-state index contributed by atoms with van der Waals surface area (Å²) in [4.78, 5) is 12.0. The number of rotatable bonds is 5. The molecule has 0 aliphatic carbocycles. The Morgan fingerprint density at radius 1 is 1.14 bits per heavy atom. The predicted molar refractivity (Wildman–Crippen MR) is 85.2 cm³/mol. The first-order valence-corrected chi connectivity index (χ1v) is 8.54. The number of carbonyl (C=O) groups is 1. The molecule has 0 fully saturated rings. The van der Waals surface area contributed by atoms with E-state index in [4.69, 9.17) is 4.74 Å². The van der Waals surface area contributed by atoms with Gasteiger partial charge in [-0.2, -0.15) is 0 Å². The van der Waals surface area contributed by atoms with E-state index < -0.39 is 16.0 Å². The molecule has 0 atom stereocenters. The summed E-state index contributed by atoms with van der Waals surface area (Å²) in [7, 11) is -3.38. The van der Waals surface area contributed by atoms with Gasteiger partial charge in [-0.15, -0.1) is 0 Å². The molecule has 1 N–H and O–H groups in total. The number of nitrogens with one attached hydrogen (secondary N) is 1. The molecule has 6 heteroatoms. The number of hydrogen-bond acceptors (Lipinski definition) is 4. The fourth-order valence-corrected chi connectivity index (χ4v) is 2.48. The number of anilines is 1. The summed E-state index contributed by atoms with van der Waals surface area (Å²) in [5.41, 5.74) is 2.60. The highest BCUT2D eigenvalue weighted by Crippen LogP contribution is 2.14. The summed E-state index contributed by atoms with van der Waals surface area (Å²) in [6.07, 6.45) is 1.05. The SMILES string of the molecule is Cc1ccccc1COC(=O)c1cccc(NS(C)(=O)=O)c1. The molecular formula is C16H17NO4S. The molecule has 0 amide bonds. The van der Waals surface area contributed by atoms with Crippen molar-refractivity contribution in [2.45, 2.75) is 13.5 Å². The Hall–Kier alpha value is -2.34. The van der Waals surface area contributed by atoms with Crippen molar-refractivity contribution in [3.8, 4) is 0 Å². The van der Waals surface area contributed by atoms with Crippen molar-refractivity contribution in [1.82, 2.24) is 0 Å². The standard InChI is InChI=1S/C16H17NO4S/c1-12-6-3-4-7-14(12)11-21-16(18)13-8-5-9-15(10-13)17-22(2,19)20/h3-10,17H,11H2,1-2H3. The Morgan fingerprint density at radius 3 is 2.55 bits per heavy atom. The minimum absolute atomic E-state index is 0.176. The van der Waals surface area contributed by atoms with Crippen LogP contribution in [0, 0.1) is 6.92 Å². The van der Waals surface area contributed by atoms with Crippen molar-refractivity contribution in [3.05, 3.63) is 65.2 Å². The maximum atomic E-state index is 12.0. The van der Waals surface area contributed by atoms with Gasteiger partial charge in [0, 0.05) is 5.69 Å². The fourth-order valence-electron chi connectivity index (χ4n) is 1.92. The van der Waals surface area contributed by atoms with Crippen LogP contribution in [0.3, 0.4) is 0 Å². The molecule has 2 aromatic rings. The second-order valence-corrected chi connectivity index (χ2v) is 6.71. The van der Waals surface area contributed by atoms with Crippen LogP contribution >= 0.6 is 0 Å². The van der Waals surface area contributed by atoms with Gasteiger partial charge in [-0.05, 0) is 36.2 Å². The lowest BCUT2D eigenvalue weighted by atomic mass is 10.1. The summed E-state index contributed by atoms with van der Waals surface area (Å²) in [6.45, 7) is 2.12. The van der Waals surface area contributed by atoms with Crippen LogP contribution in [0.5, 0.6) is 0 Å². The van der Waals surface area contributed by atoms with Crippen LogP contribution < -0.4 is 4.72 Å². The van der Waals surface area contributed by atoms with Gasteiger partial charge in [-0.1, -0.05) is 30.3 Å². The van der Waals surface area contributed by atoms with Crippen LogP contribution in [-0.2, 0) is 21.4 Å². The van der Waals surface area contributed by atoms with Gasteiger partial charge in [-0.3, -0.25) is 4.72 Å². The smallest absolute Gasteiger partial charge is 0.338 e. The number of sulfonamides is 1. The van der Waals surface area contributed by atoms with E-state index in [9.17, 15) is 13.2 Å². The number of ether oxygens (including phenoxy) is 1. The highest BCUT2D eigenvalue weighted by Gasteiger charge is 2.10. The van der Waals surface area contributed by atoms with Gasteiger partial charge in [0.25, 0.3) is 0 Å². The van der Waals surface area contributed by atoms with Crippen LogP contribution in [-0.4, -0.2) is 20.6 Å². The zero-order valence-electron chi connectivity index (χ0n) is 12.4. The number of hydrogen-bond donors (Lipinski definition) is 1.